The second-order valence-corrected chi connectivity index (χ2v) is 10.9. The van der Waals surface area contributed by atoms with Crippen molar-refractivity contribution >= 4 is 11.8 Å². The van der Waals surface area contributed by atoms with Crippen LogP contribution in [0.15, 0.2) is 17.0 Å². The number of hydrogen-bond donors (Lipinski definition) is 1. The minimum atomic E-state index is -0.467. The van der Waals surface area contributed by atoms with E-state index >= 15 is 0 Å². The Hall–Kier alpha value is -0.710. The van der Waals surface area contributed by atoms with Crippen molar-refractivity contribution in [2.75, 3.05) is 12.4 Å². The molecule has 0 radical (unpaired) electrons. The maximum absolute atomic E-state index is 10.8. The monoisotopic (exact) mass is 380 g/mol. The van der Waals surface area contributed by atoms with Crippen molar-refractivity contribution in [1.82, 2.24) is 0 Å². The van der Waals surface area contributed by atoms with E-state index in [9.17, 15) is 5.11 Å². The largest absolute Gasteiger partial charge is 0.507 e. The molecule has 1 aromatic rings. The zero-order chi connectivity index (χ0) is 19.8. The van der Waals surface area contributed by atoms with Crippen LogP contribution in [0.5, 0.6) is 5.75 Å². The lowest BCUT2D eigenvalue weighted by molar-refractivity contribution is -0.272. The van der Waals surface area contributed by atoms with Gasteiger partial charge in [-0.3, -0.25) is 0 Å². The van der Waals surface area contributed by atoms with Gasteiger partial charge in [0.1, 0.15) is 5.75 Å². The van der Waals surface area contributed by atoms with Gasteiger partial charge in [0.15, 0.2) is 5.79 Å². The van der Waals surface area contributed by atoms with Gasteiger partial charge in [-0.05, 0) is 49.7 Å². The standard InChI is InChI=1S/C22H36O3S/c1-20(2,3)17-13-16(14-18(19(17)23)21(4,5)6)26-12-10-15-9-11-24-22(7,8)25-15/h13-15,23H,9-12H2,1-8H3. The maximum atomic E-state index is 10.8. The van der Waals surface area contributed by atoms with Crippen LogP contribution in [0.2, 0.25) is 0 Å². The number of phenolic OH excluding ortho intramolecular Hbond substituents is 1. The summed E-state index contributed by atoms with van der Waals surface area (Å²) < 4.78 is 11.6. The molecule has 0 bridgehead atoms. The molecule has 0 amide bonds. The average molecular weight is 381 g/mol. The summed E-state index contributed by atoms with van der Waals surface area (Å²) in [6.45, 7) is 17.7. The molecular weight excluding hydrogens is 344 g/mol. The molecule has 1 heterocycles. The molecule has 1 aromatic carbocycles. The van der Waals surface area contributed by atoms with Crippen molar-refractivity contribution in [3.05, 3.63) is 23.3 Å². The van der Waals surface area contributed by atoms with Crippen LogP contribution in [0.3, 0.4) is 0 Å². The van der Waals surface area contributed by atoms with Gasteiger partial charge >= 0.3 is 0 Å². The number of thioether (sulfide) groups is 1. The Morgan fingerprint density at radius 3 is 2.08 bits per heavy atom. The highest BCUT2D eigenvalue weighted by Gasteiger charge is 2.29. The third kappa shape index (κ3) is 5.64. The third-order valence-corrected chi connectivity index (χ3v) is 5.76. The molecule has 26 heavy (non-hydrogen) atoms. The molecule has 1 saturated heterocycles. The fraction of sp³-hybridized carbons (Fsp3) is 0.727. The van der Waals surface area contributed by atoms with Crippen molar-refractivity contribution in [3.63, 3.8) is 0 Å². The second kappa shape index (κ2) is 7.73. The molecular formula is C22H36O3S. The summed E-state index contributed by atoms with van der Waals surface area (Å²) in [5.41, 5.74) is 1.87. The van der Waals surface area contributed by atoms with Crippen molar-refractivity contribution < 1.29 is 14.6 Å². The van der Waals surface area contributed by atoms with E-state index in [0.717, 1.165) is 36.3 Å². The second-order valence-electron chi connectivity index (χ2n) is 9.78. The first-order valence-corrected chi connectivity index (χ1v) is 10.6. The Labute approximate surface area is 163 Å². The van der Waals surface area contributed by atoms with Crippen LogP contribution in [-0.4, -0.2) is 29.4 Å². The zero-order valence-electron chi connectivity index (χ0n) is 17.7. The first kappa shape index (κ1) is 21.6. The number of ether oxygens (including phenoxy) is 2. The van der Waals surface area contributed by atoms with E-state index in [2.05, 4.69) is 53.7 Å². The van der Waals surface area contributed by atoms with Gasteiger partial charge in [-0.2, -0.15) is 0 Å². The molecule has 1 N–H and O–H groups in total. The van der Waals surface area contributed by atoms with E-state index in [4.69, 9.17) is 9.47 Å². The van der Waals surface area contributed by atoms with Gasteiger partial charge in [-0.25, -0.2) is 0 Å². The quantitative estimate of drug-likeness (QED) is 0.649. The van der Waals surface area contributed by atoms with Gasteiger partial charge in [0.2, 0.25) is 0 Å². The SMILES string of the molecule is CC1(C)OCCC(CCSc2cc(C(C)(C)C)c(O)c(C(C)(C)C)c2)O1. The van der Waals surface area contributed by atoms with Crippen LogP contribution >= 0.6 is 11.8 Å². The molecule has 0 saturated carbocycles. The Morgan fingerprint density at radius 1 is 1.08 bits per heavy atom. The van der Waals surface area contributed by atoms with Crippen molar-refractivity contribution in [2.45, 2.75) is 95.8 Å². The van der Waals surface area contributed by atoms with Crippen molar-refractivity contribution in [2.24, 2.45) is 0 Å². The summed E-state index contributed by atoms with van der Waals surface area (Å²) >= 11 is 1.85. The zero-order valence-corrected chi connectivity index (χ0v) is 18.5. The summed E-state index contributed by atoms with van der Waals surface area (Å²) in [5.74, 6) is 0.979. The summed E-state index contributed by atoms with van der Waals surface area (Å²) in [7, 11) is 0. The number of hydrogen-bond acceptors (Lipinski definition) is 4. The van der Waals surface area contributed by atoms with Gasteiger partial charge in [0, 0.05) is 21.8 Å². The first-order chi connectivity index (χ1) is 11.8. The molecule has 4 heteroatoms. The van der Waals surface area contributed by atoms with Gasteiger partial charge < -0.3 is 14.6 Å². The Morgan fingerprint density at radius 2 is 1.62 bits per heavy atom. The summed E-state index contributed by atoms with van der Waals surface area (Å²) in [6, 6.07) is 4.31. The minimum Gasteiger partial charge on any atom is -0.507 e. The third-order valence-electron chi connectivity index (χ3n) is 4.75. The minimum absolute atomic E-state index is 0.0888. The highest BCUT2D eigenvalue weighted by Crippen LogP contribution is 2.42. The highest BCUT2D eigenvalue weighted by molar-refractivity contribution is 7.99. The lowest BCUT2D eigenvalue weighted by Gasteiger charge is -2.36. The van der Waals surface area contributed by atoms with Crippen LogP contribution in [0.25, 0.3) is 0 Å². The average Bonchev–Trinajstić information content (AvgIpc) is 2.45. The van der Waals surface area contributed by atoms with Gasteiger partial charge in [0.25, 0.3) is 0 Å². The van der Waals surface area contributed by atoms with Crippen LogP contribution in [0, 0.1) is 0 Å². The van der Waals surface area contributed by atoms with Gasteiger partial charge in [-0.1, -0.05) is 41.5 Å². The highest BCUT2D eigenvalue weighted by atomic mass is 32.2. The van der Waals surface area contributed by atoms with E-state index in [1.165, 1.54) is 4.90 Å². The molecule has 3 nitrogen and oxygen atoms in total. The fourth-order valence-corrected chi connectivity index (χ4v) is 4.30. The molecule has 0 spiro atoms. The number of benzene rings is 1. The normalized spacial score (nSPS) is 21.0. The van der Waals surface area contributed by atoms with Gasteiger partial charge in [-0.15, -0.1) is 11.8 Å². The topological polar surface area (TPSA) is 38.7 Å². The first-order valence-electron chi connectivity index (χ1n) is 9.62. The van der Waals surface area contributed by atoms with E-state index in [1.54, 1.807) is 0 Å². The Kier molecular flexibility index (Phi) is 6.42. The van der Waals surface area contributed by atoms with E-state index in [0.29, 0.717) is 5.75 Å². The summed E-state index contributed by atoms with van der Waals surface area (Å²) in [5, 5.41) is 10.8. The Balaban J connectivity index is 2.14. The number of aromatic hydroxyl groups is 1. The molecule has 1 fully saturated rings. The predicted molar refractivity (Wildman–Crippen MR) is 110 cm³/mol. The molecule has 0 aliphatic carbocycles. The molecule has 2 rings (SSSR count). The summed E-state index contributed by atoms with van der Waals surface area (Å²) in [6.07, 6.45) is 2.22. The van der Waals surface area contributed by atoms with Crippen LogP contribution in [-0.2, 0) is 20.3 Å². The molecule has 148 valence electrons. The Bertz CT molecular complexity index is 588. The van der Waals surface area contributed by atoms with Gasteiger partial charge in [0.05, 0.1) is 12.7 Å². The lowest BCUT2D eigenvalue weighted by atomic mass is 9.79. The molecule has 0 aromatic heterocycles. The molecule has 1 unspecified atom stereocenters. The van der Waals surface area contributed by atoms with E-state index < -0.39 is 5.79 Å². The molecule has 1 aliphatic heterocycles. The van der Waals surface area contributed by atoms with Crippen LogP contribution in [0.1, 0.15) is 79.4 Å². The van der Waals surface area contributed by atoms with E-state index in [1.807, 2.05) is 25.6 Å². The van der Waals surface area contributed by atoms with Crippen LogP contribution in [0.4, 0.5) is 0 Å². The number of rotatable bonds is 4. The predicted octanol–water partition coefficient (Wildman–Crippen LogP) is 6.01. The van der Waals surface area contributed by atoms with Crippen LogP contribution < -0.4 is 0 Å². The number of phenols is 1. The molecule has 1 atom stereocenters. The molecule has 1 aliphatic rings. The van der Waals surface area contributed by atoms with E-state index in [-0.39, 0.29) is 16.9 Å². The summed E-state index contributed by atoms with van der Waals surface area (Å²) in [4.78, 5) is 1.23. The fourth-order valence-electron chi connectivity index (χ4n) is 3.28. The maximum Gasteiger partial charge on any atom is 0.163 e. The lowest BCUT2D eigenvalue weighted by Crippen LogP contribution is -2.39. The van der Waals surface area contributed by atoms with Crippen molar-refractivity contribution in [1.29, 1.82) is 0 Å². The smallest absolute Gasteiger partial charge is 0.163 e. The van der Waals surface area contributed by atoms with Crippen molar-refractivity contribution in [3.8, 4) is 5.75 Å².